The Morgan fingerprint density at radius 2 is 0.641 bits per heavy atom. The van der Waals surface area contributed by atoms with Crippen molar-refractivity contribution in [2.24, 2.45) is 0 Å². The van der Waals surface area contributed by atoms with Crippen molar-refractivity contribution in [2.75, 3.05) is 13.2 Å². The van der Waals surface area contributed by atoms with Crippen LogP contribution in [0.5, 0.6) is 0 Å². The maximum absolute atomic E-state index is 12.8. The highest BCUT2D eigenvalue weighted by Crippen LogP contribution is 2.14. The molecule has 0 heterocycles. The number of unbranched alkanes of at least 4 members (excludes halogenated alkanes) is 22. The molecule has 0 saturated carbocycles. The molecule has 0 amide bonds. The van der Waals surface area contributed by atoms with Crippen LogP contribution in [-0.2, 0) is 28.6 Å². The Kier molecular flexibility index (Phi) is 49.4. The molecule has 0 aromatic carbocycles. The molecular weight excluding hydrogens is 793 g/mol. The molecule has 0 radical (unpaired) electrons. The first-order valence-electron chi connectivity index (χ1n) is 26.6. The predicted molar refractivity (Wildman–Crippen MR) is 274 cm³/mol. The first kappa shape index (κ1) is 60.6. The Labute approximate surface area is 395 Å². The van der Waals surface area contributed by atoms with Crippen molar-refractivity contribution >= 4 is 17.9 Å². The normalized spacial score (nSPS) is 12.7. The summed E-state index contributed by atoms with van der Waals surface area (Å²) in [6.45, 7) is 6.44. The summed E-state index contributed by atoms with van der Waals surface area (Å²) < 4.78 is 16.7. The van der Waals surface area contributed by atoms with E-state index < -0.39 is 6.10 Å². The fourth-order valence-corrected chi connectivity index (χ4v) is 7.17. The lowest BCUT2D eigenvalue weighted by molar-refractivity contribution is -0.166. The van der Waals surface area contributed by atoms with Crippen LogP contribution in [0.25, 0.3) is 0 Å². The minimum Gasteiger partial charge on any atom is -0.462 e. The van der Waals surface area contributed by atoms with Gasteiger partial charge in [-0.1, -0.05) is 228 Å². The van der Waals surface area contributed by atoms with Crippen LogP contribution >= 0.6 is 0 Å². The van der Waals surface area contributed by atoms with Gasteiger partial charge >= 0.3 is 17.9 Å². The van der Waals surface area contributed by atoms with Crippen molar-refractivity contribution in [1.82, 2.24) is 0 Å². The smallest absolute Gasteiger partial charge is 0.306 e. The van der Waals surface area contributed by atoms with E-state index >= 15 is 0 Å². The molecule has 0 fully saturated rings. The van der Waals surface area contributed by atoms with Crippen LogP contribution < -0.4 is 0 Å². The van der Waals surface area contributed by atoms with Gasteiger partial charge in [-0.25, -0.2) is 0 Å². The third-order valence-electron chi connectivity index (χ3n) is 11.1. The molecule has 0 bridgehead atoms. The van der Waals surface area contributed by atoms with Gasteiger partial charge < -0.3 is 14.2 Å². The zero-order valence-corrected chi connectivity index (χ0v) is 41.8. The first-order chi connectivity index (χ1) is 31.5. The molecule has 0 aromatic heterocycles. The van der Waals surface area contributed by atoms with E-state index in [4.69, 9.17) is 14.2 Å². The Morgan fingerprint density at radius 3 is 1.06 bits per heavy atom. The van der Waals surface area contributed by atoms with Crippen molar-refractivity contribution in [1.29, 1.82) is 0 Å². The second kappa shape index (κ2) is 52.2. The van der Waals surface area contributed by atoms with Gasteiger partial charge in [-0.2, -0.15) is 0 Å². The van der Waals surface area contributed by atoms with Gasteiger partial charge in [0.2, 0.25) is 0 Å². The SMILES string of the molecule is CC/C=C\C/C=C\C/C=C\C/C=C\C/C=C\C/C=C\CCC(=O)OCC(COC(=O)CCCCCCCCCCCCCC)OC(=O)CCCCCCCCC/C=C\CCCCCC. The molecule has 0 aromatic rings. The van der Waals surface area contributed by atoms with Crippen LogP contribution in [0, 0.1) is 0 Å². The van der Waals surface area contributed by atoms with E-state index in [1.165, 1.54) is 122 Å². The Bertz CT molecular complexity index is 1250. The zero-order valence-electron chi connectivity index (χ0n) is 41.8. The molecule has 6 nitrogen and oxygen atoms in total. The quantitative estimate of drug-likeness (QED) is 0.0262. The molecule has 64 heavy (non-hydrogen) atoms. The van der Waals surface area contributed by atoms with Gasteiger partial charge in [0.05, 0.1) is 0 Å². The maximum atomic E-state index is 12.8. The number of rotatable bonds is 47. The average Bonchev–Trinajstić information content (AvgIpc) is 3.29. The van der Waals surface area contributed by atoms with Crippen molar-refractivity contribution < 1.29 is 28.6 Å². The van der Waals surface area contributed by atoms with Gasteiger partial charge in [-0.3, -0.25) is 14.4 Å². The van der Waals surface area contributed by atoms with Gasteiger partial charge in [0.15, 0.2) is 6.10 Å². The van der Waals surface area contributed by atoms with E-state index in [0.29, 0.717) is 19.3 Å². The molecule has 6 heteroatoms. The molecule has 0 spiro atoms. The molecule has 0 aliphatic heterocycles. The van der Waals surface area contributed by atoms with E-state index in [1.54, 1.807) is 0 Å². The number of carbonyl (C=O) groups is 3. The topological polar surface area (TPSA) is 78.9 Å². The fraction of sp³-hybridized carbons (Fsp3) is 0.707. The number of hydrogen-bond acceptors (Lipinski definition) is 6. The summed E-state index contributed by atoms with van der Waals surface area (Å²) in [7, 11) is 0. The Hall–Kier alpha value is -3.41. The molecule has 0 aliphatic rings. The van der Waals surface area contributed by atoms with Gasteiger partial charge in [-0.15, -0.1) is 0 Å². The van der Waals surface area contributed by atoms with E-state index in [0.717, 1.165) is 77.0 Å². The third kappa shape index (κ3) is 49.6. The number of carbonyl (C=O) groups excluding carboxylic acids is 3. The minimum atomic E-state index is -0.807. The van der Waals surface area contributed by atoms with Crippen LogP contribution in [0.15, 0.2) is 85.1 Å². The Balaban J connectivity index is 4.49. The maximum Gasteiger partial charge on any atom is 0.306 e. The first-order valence-corrected chi connectivity index (χ1v) is 26.6. The van der Waals surface area contributed by atoms with Crippen LogP contribution in [0.2, 0.25) is 0 Å². The van der Waals surface area contributed by atoms with E-state index in [9.17, 15) is 14.4 Å². The van der Waals surface area contributed by atoms with E-state index in [-0.39, 0.29) is 37.5 Å². The van der Waals surface area contributed by atoms with Crippen molar-refractivity contribution in [3.8, 4) is 0 Å². The molecular formula is C58H98O6. The third-order valence-corrected chi connectivity index (χ3v) is 11.1. The monoisotopic (exact) mass is 891 g/mol. The lowest BCUT2D eigenvalue weighted by Crippen LogP contribution is -2.30. The molecule has 0 rings (SSSR count). The molecule has 1 atom stereocenters. The van der Waals surface area contributed by atoms with Crippen molar-refractivity contribution in [3.05, 3.63) is 85.1 Å². The number of esters is 3. The zero-order chi connectivity index (χ0) is 46.5. The summed E-state index contributed by atoms with van der Waals surface area (Å²) in [5, 5.41) is 0. The van der Waals surface area contributed by atoms with Gasteiger partial charge in [0.1, 0.15) is 13.2 Å². The standard InChI is InChI=1S/C58H98O6/c1-4-7-10-13-16-19-22-25-27-28-29-30-32-33-36-39-42-45-48-51-57(60)63-54-55(53-62-56(59)50-47-44-41-38-35-24-21-18-15-12-9-6-3)64-58(61)52-49-46-43-40-37-34-31-26-23-20-17-14-11-8-5-2/h7,10,16,19-20,23,25,27,29-30,33,36,42,45,55H,4-6,8-9,11-15,17-18,21-22,24,26,28,31-32,34-35,37-41,43-44,46-54H2,1-3H3/b10-7-,19-16-,23-20-,27-25-,30-29-,36-33-,45-42-. The minimum absolute atomic E-state index is 0.0999. The number of allylic oxidation sites excluding steroid dienone is 14. The van der Waals surface area contributed by atoms with Crippen LogP contribution in [0.3, 0.4) is 0 Å². The number of hydrogen-bond donors (Lipinski definition) is 0. The number of ether oxygens (including phenoxy) is 3. The lowest BCUT2D eigenvalue weighted by atomic mass is 10.0. The van der Waals surface area contributed by atoms with Crippen molar-refractivity contribution in [2.45, 2.75) is 252 Å². The predicted octanol–water partition coefficient (Wildman–Crippen LogP) is 17.6. The summed E-state index contributed by atoms with van der Waals surface area (Å²) in [5.74, 6) is -0.991. The van der Waals surface area contributed by atoms with Crippen LogP contribution in [-0.4, -0.2) is 37.2 Å². The summed E-state index contributed by atoms with van der Waals surface area (Å²) in [4.78, 5) is 38.0. The molecule has 1 unspecified atom stereocenters. The molecule has 0 saturated heterocycles. The van der Waals surface area contributed by atoms with Gasteiger partial charge in [0.25, 0.3) is 0 Å². The lowest BCUT2D eigenvalue weighted by Gasteiger charge is -2.18. The largest absolute Gasteiger partial charge is 0.462 e. The highest BCUT2D eigenvalue weighted by Gasteiger charge is 2.19. The summed E-state index contributed by atoms with van der Waals surface area (Å²) in [6.07, 6.45) is 67.2. The highest BCUT2D eigenvalue weighted by atomic mass is 16.6. The van der Waals surface area contributed by atoms with E-state index in [2.05, 4.69) is 99.8 Å². The highest BCUT2D eigenvalue weighted by molar-refractivity contribution is 5.71. The van der Waals surface area contributed by atoms with Gasteiger partial charge in [0, 0.05) is 19.3 Å². The summed E-state index contributed by atoms with van der Waals surface area (Å²) in [6, 6.07) is 0. The molecule has 0 aliphatic carbocycles. The molecule has 366 valence electrons. The summed E-state index contributed by atoms with van der Waals surface area (Å²) >= 11 is 0. The summed E-state index contributed by atoms with van der Waals surface area (Å²) in [5.41, 5.74) is 0. The van der Waals surface area contributed by atoms with E-state index in [1.807, 2.05) is 6.08 Å². The second-order valence-electron chi connectivity index (χ2n) is 17.4. The average molecular weight is 891 g/mol. The van der Waals surface area contributed by atoms with Crippen LogP contribution in [0.1, 0.15) is 245 Å². The van der Waals surface area contributed by atoms with Crippen LogP contribution in [0.4, 0.5) is 0 Å². The van der Waals surface area contributed by atoms with Crippen molar-refractivity contribution in [3.63, 3.8) is 0 Å². The van der Waals surface area contributed by atoms with Gasteiger partial charge in [-0.05, 0) is 83.5 Å². The Morgan fingerprint density at radius 1 is 0.328 bits per heavy atom. The second-order valence-corrected chi connectivity index (χ2v) is 17.4. The molecule has 0 N–H and O–H groups in total. The fourth-order valence-electron chi connectivity index (χ4n) is 7.17.